The summed E-state index contributed by atoms with van der Waals surface area (Å²) in [6.07, 6.45) is 2.07. The maximum Gasteiger partial charge on any atom is 0.307 e. The van der Waals surface area contributed by atoms with Gasteiger partial charge in [0, 0.05) is 12.6 Å². The van der Waals surface area contributed by atoms with Gasteiger partial charge >= 0.3 is 5.97 Å². The zero-order valence-electron chi connectivity index (χ0n) is 11.3. The van der Waals surface area contributed by atoms with Crippen LogP contribution in [0.2, 0.25) is 0 Å². The maximum atomic E-state index is 12.1. The third kappa shape index (κ3) is 2.36. The smallest absolute Gasteiger partial charge is 0.307 e. The molecule has 1 aliphatic heterocycles. The number of hydrogen-bond donors (Lipinski definition) is 2. The van der Waals surface area contributed by atoms with E-state index in [9.17, 15) is 9.59 Å². The molecule has 5 nitrogen and oxygen atoms in total. The van der Waals surface area contributed by atoms with Crippen LogP contribution in [0.4, 0.5) is 0 Å². The number of hydrogen-bond acceptors (Lipinski definition) is 3. The molecule has 1 heterocycles. The number of likely N-dealkylation sites (tertiary alicyclic amines) is 1. The number of nitrogens with one attached hydrogen (secondary N) is 1. The molecule has 1 amide bonds. The predicted molar refractivity (Wildman–Crippen MR) is 67.1 cm³/mol. The van der Waals surface area contributed by atoms with Crippen LogP contribution in [-0.4, -0.2) is 48.1 Å². The lowest BCUT2D eigenvalue weighted by Crippen LogP contribution is -2.47. The lowest BCUT2D eigenvalue weighted by atomic mass is 10.1. The van der Waals surface area contributed by atoms with Gasteiger partial charge in [-0.25, -0.2) is 0 Å². The van der Waals surface area contributed by atoms with Crippen molar-refractivity contribution in [3.05, 3.63) is 0 Å². The molecule has 0 aromatic carbocycles. The first-order chi connectivity index (χ1) is 8.34. The van der Waals surface area contributed by atoms with Crippen molar-refractivity contribution in [2.45, 2.75) is 32.7 Å². The van der Waals surface area contributed by atoms with Crippen LogP contribution in [0.1, 0.15) is 26.7 Å². The summed E-state index contributed by atoms with van der Waals surface area (Å²) in [6.45, 7) is 5.63. The second kappa shape index (κ2) is 4.53. The van der Waals surface area contributed by atoms with Crippen molar-refractivity contribution < 1.29 is 14.7 Å². The Bertz CT molecular complexity index is 367. The van der Waals surface area contributed by atoms with Crippen molar-refractivity contribution in [2.75, 3.05) is 20.1 Å². The Balaban J connectivity index is 1.91. The Kier molecular flexibility index (Phi) is 3.36. The van der Waals surface area contributed by atoms with Gasteiger partial charge in [0.25, 0.3) is 0 Å². The molecule has 2 aliphatic rings. The van der Waals surface area contributed by atoms with Crippen molar-refractivity contribution in [3.63, 3.8) is 0 Å². The Hall–Kier alpha value is -1.10. The van der Waals surface area contributed by atoms with E-state index in [0.29, 0.717) is 0 Å². The summed E-state index contributed by atoms with van der Waals surface area (Å²) in [5.41, 5.74) is -0.406. The van der Waals surface area contributed by atoms with Crippen LogP contribution in [0.15, 0.2) is 0 Å². The summed E-state index contributed by atoms with van der Waals surface area (Å²) in [5.74, 6) is -1.85. The minimum atomic E-state index is -0.860. The maximum absolute atomic E-state index is 12.1. The molecule has 1 unspecified atom stereocenters. The molecule has 0 spiro atoms. The molecular formula is C13H22N2O3. The molecule has 2 N–H and O–H groups in total. The van der Waals surface area contributed by atoms with Gasteiger partial charge < -0.3 is 15.3 Å². The molecule has 1 saturated carbocycles. The number of carbonyl (C=O) groups is 2. The highest BCUT2D eigenvalue weighted by atomic mass is 16.4. The Morgan fingerprint density at radius 2 is 2.00 bits per heavy atom. The normalized spacial score (nSPS) is 34.9. The van der Waals surface area contributed by atoms with Crippen molar-refractivity contribution in [3.8, 4) is 0 Å². The van der Waals surface area contributed by atoms with Crippen LogP contribution in [0.3, 0.4) is 0 Å². The van der Waals surface area contributed by atoms with Gasteiger partial charge in [0.05, 0.1) is 11.8 Å². The van der Waals surface area contributed by atoms with Gasteiger partial charge in [-0.3, -0.25) is 9.59 Å². The van der Waals surface area contributed by atoms with Crippen molar-refractivity contribution in [1.29, 1.82) is 0 Å². The molecule has 0 bridgehead atoms. The van der Waals surface area contributed by atoms with E-state index in [4.69, 9.17) is 5.11 Å². The first-order valence-corrected chi connectivity index (χ1v) is 6.55. The van der Waals surface area contributed by atoms with Crippen LogP contribution in [0.25, 0.3) is 0 Å². The quantitative estimate of drug-likeness (QED) is 0.772. The molecule has 5 heteroatoms. The van der Waals surface area contributed by atoms with E-state index < -0.39 is 17.3 Å². The highest BCUT2D eigenvalue weighted by Gasteiger charge is 2.65. The largest absolute Gasteiger partial charge is 0.481 e. The van der Waals surface area contributed by atoms with Gasteiger partial charge in [0.1, 0.15) is 0 Å². The minimum Gasteiger partial charge on any atom is -0.481 e. The summed E-state index contributed by atoms with van der Waals surface area (Å²) >= 11 is 0. The molecular weight excluding hydrogens is 232 g/mol. The van der Waals surface area contributed by atoms with Gasteiger partial charge in [-0.15, -0.1) is 0 Å². The Morgan fingerprint density at radius 1 is 1.33 bits per heavy atom. The molecule has 3 atom stereocenters. The fourth-order valence-electron chi connectivity index (χ4n) is 3.16. The van der Waals surface area contributed by atoms with E-state index in [1.807, 2.05) is 20.9 Å². The number of carbonyl (C=O) groups excluding carboxylic acids is 1. The van der Waals surface area contributed by atoms with Crippen LogP contribution < -0.4 is 5.32 Å². The number of carboxylic acids is 1. The molecule has 2 fully saturated rings. The lowest BCUT2D eigenvalue weighted by molar-refractivity contribution is -0.140. The van der Waals surface area contributed by atoms with Crippen LogP contribution in [0.5, 0.6) is 0 Å². The van der Waals surface area contributed by atoms with Gasteiger partial charge in [-0.1, -0.05) is 13.8 Å². The number of rotatable bonds is 3. The highest BCUT2D eigenvalue weighted by molar-refractivity contribution is 5.91. The van der Waals surface area contributed by atoms with E-state index in [1.54, 1.807) is 0 Å². The second-order valence-electron chi connectivity index (χ2n) is 6.22. The third-order valence-corrected chi connectivity index (χ3v) is 4.35. The summed E-state index contributed by atoms with van der Waals surface area (Å²) in [7, 11) is 2.04. The average Bonchev–Trinajstić information content (AvgIpc) is 2.81. The Labute approximate surface area is 108 Å². The number of carboxylic acid groups (broad SMARTS) is 1. The summed E-state index contributed by atoms with van der Waals surface area (Å²) in [6, 6.07) is 0.169. The fraction of sp³-hybridized carbons (Fsp3) is 0.846. The van der Waals surface area contributed by atoms with E-state index >= 15 is 0 Å². The van der Waals surface area contributed by atoms with E-state index in [2.05, 4.69) is 10.2 Å². The van der Waals surface area contributed by atoms with Crippen LogP contribution in [-0.2, 0) is 9.59 Å². The summed E-state index contributed by atoms with van der Waals surface area (Å²) in [4.78, 5) is 25.4. The molecule has 0 radical (unpaired) electrons. The first kappa shape index (κ1) is 13.3. The van der Waals surface area contributed by atoms with Gasteiger partial charge in [-0.05, 0) is 31.8 Å². The van der Waals surface area contributed by atoms with E-state index in [1.165, 1.54) is 0 Å². The van der Waals surface area contributed by atoms with Gasteiger partial charge in [-0.2, -0.15) is 0 Å². The zero-order valence-corrected chi connectivity index (χ0v) is 11.3. The molecule has 102 valence electrons. The fourth-order valence-corrected chi connectivity index (χ4v) is 3.16. The molecule has 0 aromatic rings. The zero-order chi connectivity index (χ0) is 13.5. The second-order valence-corrected chi connectivity index (χ2v) is 6.22. The molecule has 1 aliphatic carbocycles. The number of likely N-dealkylation sites (N-methyl/N-ethyl adjacent to an activating group) is 1. The number of nitrogens with zero attached hydrogens (tertiary/aromatic N) is 1. The molecule has 18 heavy (non-hydrogen) atoms. The minimum absolute atomic E-state index is 0.0901. The average molecular weight is 254 g/mol. The molecule has 2 rings (SSSR count). The van der Waals surface area contributed by atoms with E-state index in [0.717, 1.165) is 25.9 Å². The topological polar surface area (TPSA) is 69.6 Å². The van der Waals surface area contributed by atoms with Gasteiger partial charge in [0.2, 0.25) is 5.91 Å². The monoisotopic (exact) mass is 254 g/mol. The summed E-state index contributed by atoms with van der Waals surface area (Å²) in [5, 5.41) is 12.1. The predicted octanol–water partition coefficient (Wildman–Crippen LogP) is 0.554. The standard InChI is InChI=1S/C13H22N2O3/c1-13(2)9(10(13)12(17)18)11(16)14-8-5-4-6-15(3)7-8/h8-10H,4-7H2,1-3H3,(H,14,16)(H,17,18)/t8?,9-,10+/m1/s1. The van der Waals surface area contributed by atoms with Crippen molar-refractivity contribution in [2.24, 2.45) is 17.3 Å². The SMILES string of the molecule is CN1CCCC(NC(=O)[C@H]2[C@@H](C(=O)O)C2(C)C)C1. The number of amides is 1. The van der Waals surface area contributed by atoms with Crippen LogP contribution in [0, 0.1) is 17.3 Å². The van der Waals surface area contributed by atoms with Crippen molar-refractivity contribution >= 4 is 11.9 Å². The highest BCUT2D eigenvalue weighted by Crippen LogP contribution is 2.58. The lowest BCUT2D eigenvalue weighted by Gasteiger charge is -2.30. The van der Waals surface area contributed by atoms with Crippen molar-refractivity contribution in [1.82, 2.24) is 10.2 Å². The molecule has 0 aromatic heterocycles. The number of aliphatic carboxylic acids is 1. The molecule has 1 saturated heterocycles. The first-order valence-electron chi connectivity index (χ1n) is 6.55. The third-order valence-electron chi connectivity index (χ3n) is 4.35. The Morgan fingerprint density at radius 3 is 2.50 bits per heavy atom. The van der Waals surface area contributed by atoms with E-state index in [-0.39, 0.29) is 17.9 Å². The number of piperidine rings is 1. The van der Waals surface area contributed by atoms with Crippen LogP contribution >= 0.6 is 0 Å². The van der Waals surface area contributed by atoms with Gasteiger partial charge in [0.15, 0.2) is 0 Å². The summed E-state index contributed by atoms with van der Waals surface area (Å²) < 4.78 is 0.